The fraction of sp³-hybridized carbons (Fsp3) is 0.917. The van der Waals surface area contributed by atoms with Crippen molar-refractivity contribution in [3.63, 3.8) is 0 Å². The summed E-state index contributed by atoms with van der Waals surface area (Å²) in [6.07, 6.45) is 0.702. The molecule has 0 aromatic rings. The number of nitrogens with zero attached hydrogens (tertiary/aromatic N) is 1. The van der Waals surface area contributed by atoms with E-state index in [1.807, 2.05) is 27.7 Å². The van der Waals surface area contributed by atoms with Crippen LogP contribution in [0.25, 0.3) is 0 Å². The molecule has 1 aliphatic rings. The molecule has 16 heavy (non-hydrogen) atoms. The van der Waals surface area contributed by atoms with Crippen molar-refractivity contribution in [3.8, 4) is 0 Å². The molecule has 1 rings (SSSR count). The lowest BCUT2D eigenvalue weighted by atomic mass is 9.95. The summed E-state index contributed by atoms with van der Waals surface area (Å²) in [4.78, 5) is 13.8. The van der Waals surface area contributed by atoms with Gasteiger partial charge in [0.25, 0.3) is 0 Å². The van der Waals surface area contributed by atoms with Crippen LogP contribution in [0.4, 0.5) is 4.79 Å². The Morgan fingerprint density at radius 2 is 2.12 bits per heavy atom. The Labute approximate surface area is 98.1 Å². The van der Waals surface area contributed by atoms with Crippen molar-refractivity contribution >= 4 is 6.09 Å². The Kier molecular flexibility index (Phi) is 3.53. The van der Waals surface area contributed by atoms with E-state index in [1.165, 1.54) is 0 Å². The number of hydrogen-bond donors (Lipinski definition) is 1. The molecular formula is C12H24N2O2. The smallest absolute Gasteiger partial charge is 0.410 e. The Morgan fingerprint density at radius 1 is 1.56 bits per heavy atom. The van der Waals surface area contributed by atoms with Gasteiger partial charge in [-0.3, -0.25) is 0 Å². The molecule has 1 amide bonds. The largest absolute Gasteiger partial charge is 0.444 e. The predicted molar refractivity (Wildman–Crippen MR) is 64.2 cm³/mol. The van der Waals surface area contributed by atoms with Crippen LogP contribution in [-0.2, 0) is 4.74 Å². The second-order valence-corrected chi connectivity index (χ2v) is 6.10. The maximum absolute atomic E-state index is 12.0. The molecule has 1 heterocycles. The van der Waals surface area contributed by atoms with E-state index in [0.717, 1.165) is 13.0 Å². The molecule has 94 valence electrons. The highest BCUT2D eigenvalue weighted by Crippen LogP contribution is 2.33. The number of ether oxygens (including phenoxy) is 1. The van der Waals surface area contributed by atoms with Gasteiger partial charge in [-0.1, -0.05) is 6.92 Å². The number of nitrogens with two attached hydrogens (primary N) is 1. The molecule has 0 aromatic heterocycles. The van der Waals surface area contributed by atoms with Gasteiger partial charge >= 0.3 is 6.09 Å². The lowest BCUT2D eigenvalue weighted by Crippen LogP contribution is -2.51. The maximum atomic E-state index is 12.0. The molecule has 0 saturated carbocycles. The highest BCUT2D eigenvalue weighted by Gasteiger charge is 2.43. The van der Waals surface area contributed by atoms with Gasteiger partial charge in [0.1, 0.15) is 5.60 Å². The van der Waals surface area contributed by atoms with E-state index in [0.29, 0.717) is 12.5 Å². The number of hydrogen-bond acceptors (Lipinski definition) is 3. The molecule has 2 atom stereocenters. The van der Waals surface area contributed by atoms with Gasteiger partial charge in [0.2, 0.25) is 0 Å². The zero-order chi connectivity index (χ0) is 12.6. The second-order valence-electron chi connectivity index (χ2n) is 6.10. The van der Waals surface area contributed by atoms with Crippen LogP contribution in [0.5, 0.6) is 0 Å². The molecule has 1 aliphatic heterocycles. The van der Waals surface area contributed by atoms with Crippen molar-refractivity contribution < 1.29 is 9.53 Å². The first-order valence-electron chi connectivity index (χ1n) is 5.89. The number of rotatable bonds is 1. The molecule has 0 spiro atoms. The van der Waals surface area contributed by atoms with Gasteiger partial charge in [-0.05, 0) is 40.0 Å². The first kappa shape index (κ1) is 13.3. The first-order chi connectivity index (χ1) is 7.18. The molecule has 1 saturated heterocycles. The third-order valence-electron chi connectivity index (χ3n) is 2.99. The third kappa shape index (κ3) is 2.88. The number of carbonyl (C=O) groups is 1. The quantitative estimate of drug-likeness (QED) is 0.746. The molecule has 0 bridgehead atoms. The van der Waals surface area contributed by atoms with Gasteiger partial charge < -0.3 is 15.4 Å². The number of likely N-dealkylation sites (tertiary alicyclic amines) is 1. The number of amides is 1. The Balaban J connectivity index is 2.75. The van der Waals surface area contributed by atoms with Gasteiger partial charge in [0.05, 0.1) is 5.54 Å². The van der Waals surface area contributed by atoms with E-state index >= 15 is 0 Å². The minimum absolute atomic E-state index is 0.246. The Hall–Kier alpha value is -0.770. The molecular weight excluding hydrogens is 204 g/mol. The average molecular weight is 228 g/mol. The fourth-order valence-corrected chi connectivity index (χ4v) is 2.26. The minimum atomic E-state index is -0.446. The van der Waals surface area contributed by atoms with Gasteiger partial charge in [-0.2, -0.15) is 0 Å². The van der Waals surface area contributed by atoms with Crippen LogP contribution in [0.3, 0.4) is 0 Å². The van der Waals surface area contributed by atoms with E-state index in [9.17, 15) is 4.79 Å². The molecule has 0 aliphatic carbocycles. The van der Waals surface area contributed by atoms with E-state index in [-0.39, 0.29) is 11.6 Å². The van der Waals surface area contributed by atoms with Gasteiger partial charge in [0.15, 0.2) is 0 Å². The Morgan fingerprint density at radius 3 is 2.56 bits per heavy atom. The number of carbonyl (C=O) groups excluding carboxylic acids is 1. The van der Waals surface area contributed by atoms with Crippen LogP contribution in [0.15, 0.2) is 0 Å². The highest BCUT2D eigenvalue weighted by atomic mass is 16.6. The maximum Gasteiger partial charge on any atom is 0.410 e. The van der Waals surface area contributed by atoms with Crippen LogP contribution < -0.4 is 5.73 Å². The van der Waals surface area contributed by atoms with Crippen molar-refractivity contribution in [2.24, 2.45) is 11.7 Å². The summed E-state index contributed by atoms with van der Waals surface area (Å²) in [5, 5.41) is 0. The van der Waals surface area contributed by atoms with E-state index in [4.69, 9.17) is 10.5 Å². The van der Waals surface area contributed by atoms with Crippen molar-refractivity contribution in [2.45, 2.75) is 52.2 Å². The van der Waals surface area contributed by atoms with Crippen molar-refractivity contribution in [1.29, 1.82) is 0 Å². The lowest BCUT2D eigenvalue weighted by molar-refractivity contribution is 0.0117. The van der Waals surface area contributed by atoms with Gasteiger partial charge in [-0.25, -0.2) is 4.79 Å². The lowest BCUT2D eigenvalue weighted by Gasteiger charge is -2.35. The van der Waals surface area contributed by atoms with Crippen LogP contribution in [0.1, 0.15) is 41.0 Å². The zero-order valence-corrected chi connectivity index (χ0v) is 11.0. The molecule has 0 aromatic carbocycles. The third-order valence-corrected chi connectivity index (χ3v) is 2.99. The highest BCUT2D eigenvalue weighted by molar-refractivity contribution is 5.69. The van der Waals surface area contributed by atoms with Crippen LogP contribution in [0, 0.1) is 5.92 Å². The topological polar surface area (TPSA) is 55.6 Å². The Bertz CT molecular complexity index is 273. The normalized spacial score (nSPS) is 30.6. The van der Waals surface area contributed by atoms with E-state index in [1.54, 1.807) is 4.90 Å². The minimum Gasteiger partial charge on any atom is -0.444 e. The monoisotopic (exact) mass is 228 g/mol. The summed E-state index contributed by atoms with van der Waals surface area (Å²) in [5.74, 6) is 0.487. The van der Waals surface area contributed by atoms with Crippen LogP contribution in [0.2, 0.25) is 0 Å². The second kappa shape index (κ2) is 4.24. The summed E-state index contributed by atoms with van der Waals surface area (Å²) >= 11 is 0. The SMILES string of the molecule is C[C@H]1CN(C(=O)OC(C)(C)C)[C@](C)(CN)C1. The summed E-state index contributed by atoms with van der Waals surface area (Å²) in [5.41, 5.74) is 5.08. The molecule has 1 fully saturated rings. The van der Waals surface area contributed by atoms with Gasteiger partial charge in [0, 0.05) is 13.1 Å². The molecule has 4 heteroatoms. The first-order valence-corrected chi connectivity index (χ1v) is 5.89. The van der Waals surface area contributed by atoms with E-state index in [2.05, 4.69) is 6.92 Å². The van der Waals surface area contributed by atoms with Crippen LogP contribution >= 0.6 is 0 Å². The average Bonchev–Trinajstić information content (AvgIpc) is 2.40. The molecule has 0 radical (unpaired) electrons. The van der Waals surface area contributed by atoms with Crippen molar-refractivity contribution in [1.82, 2.24) is 4.90 Å². The molecule has 2 N–H and O–H groups in total. The van der Waals surface area contributed by atoms with Crippen molar-refractivity contribution in [2.75, 3.05) is 13.1 Å². The molecule has 4 nitrogen and oxygen atoms in total. The van der Waals surface area contributed by atoms with E-state index < -0.39 is 5.60 Å². The summed E-state index contributed by atoms with van der Waals surface area (Å²) in [6.45, 7) is 11.0. The molecule has 0 unspecified atom stereocenters. The predicted octanol–water partition coefficient (Wildman–Crippen LogP) is 1.98. The summed E-state index contributed by atoms with van der Waals surface area (Å²) < 4.78 is 5.40. The standard InChI is InChI=1S/C12H24N2O2/c1-9-6-12(5,8-13)14(7-9)10(15)16-11(2,3)4/h9H,6-8,13H2,1-5H3/t9-,12+/m1/s1. The summed E-state index contributed by atoms with van der Waals surface area (Å²) in [7, 11) is 0. The van der Waals surface area contributed by atoms with Gasteiger partial charge in [-0.15, -0.1) is 0 Å². The van der Waals surface area contributed by atoms with Crippen LogP contribution in [-0.4, -0.2) is 35.2 Å². The zero-order valence-electron chi connectivity index (χ0n) is 11.0. The van der Waals surface area contributed by atoms with Crippen molar-refractivity contribution in [3.05, 3.63) is 0 Å². The fourth-order valence-electron chi connectivity index (χ4n) is 2.26. The summed E-state index contributed by atoms with van der Waals surface area (Å²) in [6, 6.07) is 0.